The van der Waals surface area contributed by atoms with Gasteiger partial charge in [0.1, 0.15) is 11.6 Å². The molecule has 0 bridgehead atoms. The first-order chi connectivity index (χ1) is 16.1. The normalized spacial score (nSPS) is 16.2. The quantitative estimate of drug-likeness (QED) is 0.320. The number of methoxy groups -OCH3 is 1. The molecule has 1 aromatic heterocycles. The fourth-order valence-electron chi connectivity index (χ4n) is 4.66. The van der Waals surface area contributed by atoms with Crippen LogP contribution in [0, 0.1) is 6.92 Å². The van der Waals surface area contributed by atoms with E-state index in [4.69, 9.17) is 9.72 Å². The van der Waals surface area contributed by atoms with E-state index in [0.717, 1.165) is 69.7 Å². The first-order valence-electron chi connectivity index (χ1n) is 11.3. The van der Waals surface area contributed by atoms with Crippen LogP contribution in [-0.4, -0.2) is 34.0 Å². The average molecular weight is 504 g/mol. The number of hydrogen-bond donors (Lipinski definition) is 0. The lowest BCUT2D eigenvalue weighted by Gasteiger charge is -2.35. The lowest BCUT2D eigenvalue weighted by molar-refractivity contribution is 0.0598. The lowest BCUT2D eigenvalue weighted by Crippen LogP contribution is -2.39. The van der Waals surface area contributed by atoms with Crippen molar-refractivity contribution in [2.75, 3.05) is 13.7 Å². The first-order valence-corrected chi connectivity index (χ1v) is 12.0. The van der Waals surface area contributed by atoms with Gasteiger partial charge in [-0.15, -0.1) is 0 Å². The maximum atomic E-state index is 13.7. The highest BCUT2D eigenvalue weighted by molar-refractivity contribution is 9.10. The second-order valence-corrected chi connectivity index (χ2v) is 9.32. The third kappa shape index (κ3) is 4.04. The first kappa shape index (κ1) is 21.7. The predicted molar refractivity (Wildman–Crippen MR) is 134 cm³/mol. The van der Waals surface area contributed by atoms with Crippen LogP contribution in [0.25, 0.3) is 16.7 Å². The summed E-state index contributed by atoms with van der Waals surface area (Å²) >= 11 is 3.54. The van der Waals surface area contributed by atoms with E-state index in [0.29, 0.717) is 0 Å². The molecule has 1 unspecified atom stereocenters. The highest BCUT2D eigenvalue weighted by Crippen LogP contribution is 2.36. The van der Waals surface area contributed by atoms with E-state index in [9.17, 15) is 4.79 Å². The van der Waals surface area contributed by atoms with E-state index in [1.807, 2.05) is 72.5 Å². The second kappa shape index (κ2) is 9.02. The molecule has 1 saturated heterocycles. The maximum Gasteiger partial charge on any atom is 0.254 e. The Bertz CT molecular complexity index is 1310. The van der Waals surface area contributed by atoms with Gasteiger partial charge < -0.3 is 9.64 Å². The van der Waals surface area contributed by atoms with Crippen LogP contribution in [0.3, 0.4) is 0 Å². The molecule has 0 spiro atoms. The fourth-order valence-corrected chi connectivity index (χ4v) is 4.90. The molecule has 1 aliphatic heterocycles. The molecule has 0 N–H and O–H groups in total. The lowest BCUT2D eigenvalue weighted by atomic mass is 9.99. The number of piperidine rings is 1. The molecular formula is C27H26BrN3O2. The molecule has 2 heterocycles. The Morgan fingerprint density at radius 2 is 1.85 bits per heavy atom. The van der Waals surface area contributed by atoms with E-state index in [2.05, 4.69) is 26.6 Å². The van der Waals surface area contributed by atoms with Crippen molar-refractivity contribution >= 4 is 32.9 Å². The van der Waals surface area contributed by atoms with Crippen LogP contribution in [0.4, 0.5) is 0 Å². The Morgan fingerprint density at radius 3 is 2.61 bits per heavy atom. The molecule has 1 amide bonds. The number of rotatable bonds is 4. The van der Waals surface area contributed by atoms with Gasteiger partial charge in [0, 0.05) is 22.3 Å². The van der Waals surface area contributed by atoms with E-state index >= 15 is 0 Å². The summed E-state index contributed by atoms with van der Waals surface area (Å²) in [6, 6.07) is 21.9. The molecule has 0 radical (unpaired) electrons. The van der Waals surface area contributed by atoms with Crippen molar-refractivity contribution in [3.8, 4) is 11.4 Å². The Labute approximate surface area is 202 Å². The summed E-state index contributed by atoms with van der Waals surface area (Å²) in [5.41, 5.74) is 4.75. The van der Waals surface area contributed by atoms with Crippen molar-refractivity contribution in [1.29, 1.82) is 0 Å². The second-order valence-electron chi connectivity index (χ2n) is 8.47. The van der Waals surface area contributed by atoms with Gasteiger partial charge in [0.2, 0.25) is 0 Å². The number of imidazole rings is 1. The minimum atomic E-state index is -0.0929. The summed E-state index contributed by atoms with van der Waals surface area (Å²) < 4.78 is 8.56. The van der Waals surface area contributed by atoms with Crippen molar-refractivity contribution < 1.29 is 9.53 Å². The monoisotopic (exact) mass is 503 g/mol. The molecule has 168 valence electrons. The van der Waals surface area contributed by atoms with Crippen LogP contribution in [0.15, 0.2) is 71.2 Å². The van der Waals surface area contributed by atoms with Gasteiger partial charge in [-0.2, -0.15) is 0 Å². The Balaban J connectivity index is 1.61. The molecule has 1 atom stereocenters. The number of halogens is 1. The maximum absolute atomic E-state index is 13.7. The summed E-state index contributed by atoms with van der Waals surface area (Å²) in [4.78, 5) is 20.7. The van der Waals surface area contributed by atoms with Gasteiger partial charge in [0.25, 0.3) is 5.91 Å². The van der Waals surface area contributed by atoms with Crippen molar-refractivity contribution in [3.63, 3.8) is 0 Å². The van der Waals surface area contributed by atoms with Gasteiger partial charge in [-0.25, -0.2) is 4.98 Å². The molecule has 3 aromatic carbocycles. The summed E-state index contributed by atoms with van der Waals surface area (Å²) in [6.07, 6.45) is 2.96. The summed E-state index contributed by atoms with van der Waals surface area (Å²) in [5, 5.41) is 0. The summed E-state index contributed by atoms with van der Waals surface area (Å²) in [6.45, 7) is 2.74. The third-order valence-electron chi connectivity index (χ3n) is 6.38. The van der Waals surface area contributed by atoms with Gasteiger partial charge in [0.15, 0.2) is 0 Å². The highest BCUT2D eigenvalue weighted by atomic mass is 79.9. The number of likely N-dealkylation sites (tertiary alicyclic amines) is 1. The summed E-state index contributed by atoms with van der Waals surface area (Å²) in [5.74, 6) is 1.77. The molecule has 5 rings (SSSR count). The molecular weight excluding hydrogens is 478 g/mol. The minimum absolute atomic E-state index is 0.0589. The highest BCUT2D eigenvalue weighted by Gasteiger charge is 2.33. The number of aryl methyl sites for hydroxylation is 1. The topological polar surface area (TPSA) is 47.4 Å². The Morgan fingerprint density at radius 1 is 1.06 bits per heavy atom. The number of benzene rings is 3. The van der Waals surface area contributed by atoms with Gasteiger partial charge in [0.05, 0.1) is 24.2 Å². The number of nitrogens with zero attached hydrogens (tertiary/aromatic N) is 3. The molecule has 0 saturated carbocycles. The van der Waals surface area contributed by atoms with Crippen LogP contribution < -0.4 is 4.74 Å². The largest absolute Gasteiger partial charge is 0.497 e. The number of hydrogen-bond acceptors (Lipinski definition) is 3. The van der Waals surface area contributed by atoms with E-state index in [1.165, 1.54) is 0 Å². The number of fused-ring (bicyclic) bond motifs is 1. The molecule has 1 aliphatic rings. The van der Waals surface area contributed by atoms with Crippen molar-refractivity contribution in [2.24, 2.45) is 0 Å². The molecule has 1 fully saturated rings. The van der Waals surface area contributed by atoms with Crippen LogP contribution >= 0.6 is 15.9 Å². The number of amides is 1. The molecule has 5 nitrogen and oxygen atoms in total. The van der Waals surface area contributed by atoms with Crippen molar-refractivity contribution in [1.82, 2.24) is 14.5 Å². The molecule has 6 heteroatoms. The van der Waals surface area contributed by atoms with Crippen LogP contribution in [0.1, 0.15) is 47.1 Å². The Kier molecular flexibility index (Phi) is 5.94. The van der Waals surface area contributed by atoms with Crippen LogP contribution in [-0.2, 0) is 0 Å². The zero-order valence-corrected chi connectivity index (χ0v) is 20.4. The number of carbonyl (C=O) groups is 1. The number of aromatic nitrogens is 2. The van der Waals surface area contributed by atoms with Crippen molar-refractivity contribution in [3.05, 3.63) is 88.2 Å². The number of para-hydroxylation sites is 2. The minimum Gasteiger partial charge on any atom is -0.497 e. The fraction of sp³-hybridized carbons (Fsp3) is 0.259. The number of carbonyl (C=O) groups excluding carboxylic acids is 1. The smallest absolute Gasteiger partial charge is 0.254 e. The predicted octanol–water partition coefficient (Wildman–Crippen LogP) is 6.47. The van der Waals surface area contributed by atoms with Crippen LogP contribution in [0.2, 0.25) is 0 Å². The molecule has 4 aromatic rings. The zero-order chi connectivity index (χ0) is 22.9. The SMILES string of the molecule is COc1ccc(-n2c(C3CCCCN3C(=O)c3ccc(Br)c(C)c3)nc3ccccc32)cc1. The van der Waals surface area contributed by atoms with Gasteiger partial charge >= 0.3 is 0 Å². The molecule has 33 heavy (non-hydrogen) atoms. The Hall–Kier alpha value is -3.12. The van der Waals surface area contributed by atoms with E-state index < -0.39 is 0 Å². The average Bonchev–Trinajstić information content (AvgIpc) is 3.25. The van der Waals surface area contributed by atoms with Gasteiger partial charge in [-0.1, -0.05) is 28.1 Å². The summed E-state index contributed by atoms with van der Waals surface area (Å²) in [7, 11) is 1.67. The van der Waals surface area contributed by atoms with Crippen molar-refractivity contribution in [2.45, 2.75) is 32.2 Å². The van der Waals surface area contributed by atoms with E-state index in [-0.39, 0.29) is 11.9 Å². The molecule has 0 aliphatic carbocycles. The van der Waals surface area contributed by atoms with Gasteiger partial charge in [-0.3, -0.25) is 9.36 Å². The zero-order valence-electron chi connectivity index (χ0n) is 18.8. The van der Waals surface area contributed by atoms with E-state index in [1.54, 1.807) is 7.11 Å². The third-order valence-corrected chi connectivity index (χ3v) is 7.27. The standard InChI is InChI=1S/C27H26BrN3O2/c1-18-17-19(10-15-22(18)28)27(32)30-16-6-5-9-25(30)26-29-23-7-3-4-8-24(23)31(26)20-11-13-21(33-2)14-12-20/h3-4,7-8,10-15,17,25H,5-6,9,16H2,1-2H3. The number of ether oxygens (including phenoxy) is 1. The van der Waals surface area contributed by atoms with Gasteiger partial charge in [-0.05, 0) is 86.3 Å². The van der Waals surface area contributed by atoms with Crippen LogP contribution in [0.5, 0.6) is 5.75 Å².